The van der Waals surface area contributed by atoms with Crippen LogP contribution in [0.3, 0.4) is 0 Å². The van der Waals surface area contributed by atoms with Gasteiger partial charge in [0.2, 0.25) is 0 Å². The maximum Gasteiger partial charge on any atom is 0.253 e. The summed E-state index contributed by atoms with van der Waals surface area (Å²) >= 11 is 0. The number of fused-ring (bicyclic) bond motifs is 1. The zero-order valence-corrected chi connectivity index (χ0v) is 17.3. The number of amides is 1. The molecular weight excluding hydrogens is 371 g/mol. The lowest BCUT2D eigenvalue weighted by Crippen LogP contribution is -2.25. The Morgan fingerprint density at radius 3 is 2.90 bits per heavy atom. The van der Waals surface area contributed by atoms with Crippen molar-refractivity contribution >= 4 is 11.6 Å². The number of benzene rings is 1. The molecule has 1 aliphatic heterocycles. The molecule has 0 spiro atoms. The molecule has 29 heavy (non-hydrogen) atoms. The molecular formula is C22H29FN4O2. The minimum absolute atomic E-state index is 0.0272. The Labute approximate surface area is 170 Å². The molecule has 3 N–H and O–H groups in total. The molecule has 1 saturated heterocycles. The molecule has 0 radical (unpaired) electrons. The van der Waals surface area contributed by atoms with Gasteiger partial charge < -0.3 is 15.8 Å². The molecule has 1 unspecified atom stereocenters. The number of halogens is 1. The largest absolute Gasteiger partial charge is 0.379 e. The van der Waals surface area contributed by atoms with Gasteiger partial charge in [-0.05, 0) is 49.1 Å². The van der Waals surface area contributed by atoms with Gasteiger partial charge in [0.15, 0.2) is 0 Å². The smallest absolute Gasteiger partial charge is 0.253 e. The first-order valence-electron chi connectivity index (χ1n) is 10.4. The van der Waals surface area contributed by atoms with Crippen LogP contribution >= 0.6 is 0 Å². The van der Waals surface area contributed by atoms with Gasteiger partial charge >= 0.3 is 0 Å². The summed E-state index contributed by atoms with van der Waals surface area (Å²) in [5, 5.41) is 8.07. The molecule has 1 aromatic carbocycles. The number of ether oxygens (including phenoxy) is 1. The summed E-state index contributed by atoms with van der Waals surface area (Å²) in [7, 11) is 0. The van der Waals surface area contributed by atoms with Gasteiger partial charge in [-0.15, -0.1) is 0 Å². The Kier molecular flexibility index (Phi) is 5.11. The number of rotatable bonds is 5. The quantitative estimate of drug-likeness (QED) is 0.806. The van der Waals surface area contributed by atoms with E-state index < -0.39 is 11.7 Å². The Balaban J connectivity index is 1.82. The van der Waals surface area contributed by atoms with Gasteiger partial charge in [0.05, 0.1) is 35.3 Å². The minimum Gasteiger partial charge on any atom is -0.379 e. The van der Waals surface area contributed by atoms with E-state index in [1.807, 2.05) is 4.68 Å². The number of hydrogen-bond acceptors (Lipinski definition) is 4. The Bertz CT molecular complexity index is 945. The fourth-order valence-electron chi connectivity index (χ4n) is 4.46. The third-order valence-corrected chi connectivity index (χ3v) is 6.06. The highest BCUT2D eigenvalue weighted by molar-refractivity contribution is 5.99. The van der Waals surface area contributed by atoms with Gasteiger partial charge in [-0.25, -0.2) is 9.07 Å². The average molecular weight is 400 g/mol. The number of anilines is 1. The number of nitrogens with zero attached hydrogens (tertiary/aromatic N) is 2. The lowest BCUT2D eigenvalue weighted by atomic mass is 9.76. The van der Waals surface area contributed by atoms with E-state index in [2.05, 4.69) is 26.1 Å². The SMILES string of the molecule is CCc1nn(-c2cc(F)c(C(N)=O)c(NC3CCOC3)c2)c2c1CCC(C)(C)C2. The normalized spacial score (nSPS) is 20.5. The van der Waals surface area contributed by atoms with Crippen molar-refractivity contribution in [3.8, 4) is 5.69 Å². The van der Waals surface area contributed by atoms with Crippen molar-refractivity contribution in [1.82, 2.24) is 9.78 Å². The first kappa shape index (κ1) is 19.9. The van der Waals surface area contributed by atoms with E-state index in [0.717, 1.165) is 43.5 Å². The zero-order valence-electron chi connectivity index (χ0n) is 17.3. The van der Waals surface area contributed by atoms with Crippen molar-refractivity contribution < 1.29 is 13.9 Å². The average Bonchev–Trinajstić information content (AvgIpc) is 3.27. The maximum absolute atomic E-state index is 15.0. The van der Waals surface area contributed by atoms with Crippen molar-refractivity contribution in [3.63, 3.8) is 0 Å². The monoisotopic (exact) mass is 400 g/mol. The molecule has 1 aromatic heterocycles. The highest BCUT2D eigenvalue weighted by Gasteiger charge is 2.31. The first-order valence-corrected chi connectivity index (χ1v) is 10.4. The molecule has 1 aliphatic carbocycles. The summed E-state index contributed by atoms with van der Waals surface area (Å²) in [5.74, 6) is -1.41. The van der Waals surface area contributed by atoms with Crippen LogP contribution in [-0.2, 0) is 24.0 Å². The van der Waals surface area contributed by atoms with Crippen LogP contribution < -0.4 is 11.1 Å². The van der Waals surface area contributed by atoms with Crippen LogP contribution in [0.5, 0.6) is 0 Å². The molecule has 2 heterocycles. The first-order chi connectivity index (χ1) is 13.8. The van der Waals surface area contributed by atoms with Crippen LogP contribution in [0.1, 0.15) is 60.9 Å². The van der Waals surface area contributed by atoms with E-state index in [0.29, 0.717) is 24.6 Å². The molecule has 1 atom stereocenters. The number of carbonyl (C=O) groups excluding carboxylic acids is 1. The predicted octanol–water partition coefficient (Wildman–Crippen LogP) is 3.39. The molecule has 0 bridgehead atoms. The third kappa shape index (κ3) is 3.75. The van der Waals surface area contributed by atoms with E-state index in [-0.39, 0.29) is 17.0 Å². The summed E-state index contributed by atoms with van der Waals surface area (Å²) in [6, 6.07) is 3.18. The second kappa shape index (κ2) is 7.44. The second-order valence-electron chi connectivity index (χ2n) is 8.90. The lowest BCUT2D eigenvalue weighted by molar-refractivity contribution is 0.0997. The Morgan fingerprint density at radius 1 is 1.45 bits per heavy atom. The van der Waals surface area contributed by atoms with Crippen molar-refractivity contribution in [2.75, 3.05) is 18.5 Å². The summed E-state index contributed by atoms with van der Waals surface area (Å²) in [5.41, 5.74) is 10.0. The molecule has 4 rings (SSSR count). The Morgan fingerprint density at radius 2 is 2.24 bits per heavy atom. The number of nitrogens with one attached hydrogen (secondary N) is 1. The molecule has 1 fully saturated rings. The number of aryl methyl sites for hydroxylation is 1. The van der Waals surface area contributed by atoms with Gasteiger partial charge in [-0.1, -0.05) is 20.8 Å². The highest BCUT2D eigenvalue weighted by Crippen LogP contribution is 2.38. The predicted molar refractivity (Wildman–Crippen MR) is 110 cm³/mol. The van der Waals surface area contributed by atoms with Gasteiger partial charge in [-0.3, -0.25) is 4.79 Å². The van der Waals surface area contributed by atoms with E-state index >= 15 is 0 Å². The standard InChI is InChI=1S/C22H29FN4O2/c1-4-17-15-5-7-22(2,3)11-19(15)27(26-17)14-9-16(23)20(21(24)28)18(10-14)25-13-6-8-29-12-13/h9-10,13,25H,4-8,11-12H2,1-3H3,(H2,24,28). The lowest BCUT2D eigenvalue weighted by Gasteiger charge is -2.30. The number of carbonyl (C=O) groups is 1. The zero-order chi connectivity index (χ0) is 20.8. The van der Waals surface area contributed by atoms with E-state index in [1.54, 1.807) is 6.07 Å². The maximum atomic E-state index is 15.0. The Hall–Kier alpha value is -2.41. The van der Waals surface area contributed by atoms with Gasteiger partial charge in [0, 0.05) is 18.4 Å². The number of aromatic nitrogens is 2. The van der Waals surface area contributed by atoms with Crippen LogP contribution in [0.25, 0.3) is 5.69 Å². The van der Waals surface area contributed by atoms with Gasteiger partial charge in [0.25, 0.3) is 5.91 Å². The fourth-order valence-corrected chi connectivity index (χ4v) is 4.46. The van der Waals surface area contributed by atoms with Crippen LogP contribution in [0.4, 0.5) is 10.1 Å². The summed E-state index contributed by atoms with van der Waals surface area (Å²) in [6.07, 6.45) is 4.62. The molecule has 156 valence electrons. The van der Waals surface area contributed by atoms with Crippen LogP contribution in [-0.4, -0.2) is 34.9 Å². The molecule has 2 aliphatic rings. The van der Waals surface area contributed by atoms with Crippen molar-refractivity contribution in [2.24, 2.45) is 11.1 Å². The fraction of sp³-hybridized carbons (Fsp3) is 0.545. The van der Waals surface area contributed by atoms with E-state index in [9.17, 15) is 9.18 Å². The molecule has 6 nitrogen and oxygen atoms in total. The molecule has 0 saturated carbocycles. The van der Waals surface area contributed by atoms with Gasteiger partial charge in [-0.2, -0.15) is 5.10 Å². The summed E-state index contributed by atoms with van der Waals surface area (Å²) in [4.78, 5) is 11.9. The van der Waals surface area contributed by atoms with Crippen molar-refractivity contribution in [1.29, 1.82) is 0 Å². The van der Waals surface area contributed by atoms with E-state index in [4.69, 9.17) is 15.6 Å². The van der Waals surface area contributed by atoms with Crippen LogP contribution in [0, 0.1) is 11.2 Å². The summed E-state index contributed by atoms with van der Waals surface area (Å²) in [6.45, 7) is 7.77. The number of hydrogen-bond donors (Lipinski definition) is 2. The number of nitrogens with two attached hydrogens (primary N) is 1. The number of primary amides is 1. The van der Waals surface area contributed by atoms with Crippen LogP contribution in [0.15, 0.2) is 12.1 Å². The minimum atomic E-state index is -0.784. The van der Waals surface area contributed by atoms with E-state index in [1.165, 1.54) is 11.6 Å². The second-order valence-corrected chi connectivity index (χ2v) is 8.90. The van der Waals surface area contributed by atoms with Gasteiger partial charge in [0.1, 0.15) is 5.82 Å². The topological polar surface area (TPSA) is 82.2 Å². The van der Waals surface area contributed by atoms with Crippen molar-refractivity contribution in [2.45, 2.75) is 58.9 Å². The summed E-state index contributed by atoms with van der Waals surface area (Å²) < 4.78 is 22.2. The molecule has 1 amide bonds. The molecule has 2 aromatic rings. The highest BCUT2D eigenvalue weighted by atomic mass is 19.1. The third-order valence-electron chi connectivity index (χ3n) is 6.06. The molecule has 7 heteroatoms. The van der Waals surface area contributed by atoms with Crippen molar-refractivity contribution in [3.05, 3.63) is 40.5 Å². The van der Waals surface area contributed by atoms with Crippen LogP contribution in [0.2, 0.25) is 0 Å².